The first-order valence-electron chi connectivity index (χ1n) is 12.1. The standard InChI is InChI=1S/C29H32O6/c1-2-27(30)33-20-18-31-16-17-32-19-21-34-28-23-12-6-8-14-25(23)29(26-15-9-7-13-24(26)28)35-22-10-4-3-5-11-22/h2-6,8,10-12,14H,1,7,9,13,15-21H2. The van der Waals surface area contributed by atoms with Gasteiger partial charge in [-0.1, -0.05) is 49.0 Å². The summed E-state index contributed by atoms with van der Waals surface area (Å²) in [4.78, 5) is 11.0. The molecule has 4 rings (SSSR count). The zero-order valence-corrected chi connectivity index (χ0v) is 20.0. The smallest absolute Gasteiger partial charge is 0.330 e. The second-order valence-corrected chi connectivity index (χ2v) is 8.23. The van der Waals surface area contributed by atoms with Crippen molar-refractivity contribution in [2.24, 2.45) is 0 Å². The van der Waals surface area contributed by atoms with Crippen molar-refractivity contribution in [2.75, 3.05) is 39.6 Å². The van der Waals surface area contributed by atoms with E-state index >= 15 is 0 Å². The van der Waals surface area contributed by atoms with Crippen LogP contribution in [0.1, 0.15) is 24.0 Å². The summed E-state index contributed by atoms with van der Waals surface area (Å²) in [5, 5.41) is 2.13. The van der Waals surface area contributed by atoms with Gasteiger partial charge in [0.05, 0.1) is 26.4 Å². The number of rotatable bonds is 13. The highest BCUT2D eigenvalue weighted by molar-refractivity contribution is 5.96. The molecule has 6 nitrogen and oxygen atoms in total. The van der Waals surface area contributed by atoms with E-state index in [2.05, 4.69) is 18.7 Å². The predicted octanol–water partition coefficient (Wildman–Crippen LogP) is 5.65. The fraction of sp³-hybridized carbons (Fsp3) is 0.345. The number of ether oxygens (including phenoxy) is 5. The van der Waals surface area contributed by atoms with Gasteiger partial charge in [0, 0.05) is 28.0 Å². The third-order valence-corrected chi connectivity index (χ3v) is 5.88. The summed E-state index contributed by atoms with van der Waals surface area (Å²) >= 11 is 0. The fourth-order valence-corrected chi connectivity index (χ4v) is 4.28. The van der Waals surface area contributed by atoms with E-state index < -0.39 is 5.97 Å². The molecule has 35 heavy (non-hydrogen) atoms. The molecule has 6 heteroatoms. The number of carbonyl (C=O) groups is 1. The highest BCUT2D eigenvalue weighted by Gasteiger charge is 2.24. The van der Waals surface area contributed by atoms with E-state index in [9.17, 15) is 4.79 Å². The van der Waals surface area contributed by atoms with E-state index in [-0.39, 0.29) is 6.61 Å². The average molecular weight is 477 g/mol. The second kappa shape index (κ2) is 12.9. The van der Waals surface area contributed by atoms with Crippen molar-refractivity contribution in [2.45, 2.75) is 25.7 Å². The van der Waals surface area contributed by atoms with E-state index in [0.29, 0.717) is 33.0 Å². The van der Waals surface area contributed by atoms with Crippen LogP contribution in [0.5, 0.6) is 17.2 Å². The number of hydrogen-bond acceptors (Lipinski definition) is 6. The van der Waals surface area contributed by atoms with Crippen LogP contribution >= 0.6 is 0 Å². The van der Waals surface area contributed by atoms with Crippen molar-refractivity contribution in [3.63, 3.8) is 0 Å². The molecule has 184 valence electrons. The maximum Gasteiger partial charge on any atom is 0.330 e. The van der Waals surface area contributed by atoms with Crippen molar-refractivity contribution in [3.05, 3.63) is 78.4 Å². The van der Waals surface area contributed by atoms with Gasteiger partial charge in [-0.3, -0.25) is 0 Å². The molecule has 0 heterocycles. The van der Waals surface area contributed by atoms with Gasteiger partial charge in [-0.2, -0.15) is 0 Å². The lowest BCUT2D eigenvalue weighted by atomic mass is 9.87. The third-order valence-electron chi connectivity index (χ3n) is 5.88. The largest absolute Gasteiger partial charge is 0.490 e. The van der Waals surface area contributed by atoms with Crippen molar-refractivity contribution in [1.29, 1.82) is 0 Å². The van der Waals surface area contributed by atoms with Crippen LogP contribution in [-0.2, 0) is 31.8 Å². The Morgan fingerprint density at radius 1 is 0.743 bits per heavy atom. The molecule has 0 unspecified atom stereocenters. The first-order valence-corrected chi connectivity index (χ1v) is 12.1. The van der Waals surface area contributed by atoms with Crippen LogP contribution in [0.3, 0.4) is 0 Å². The maximum absolute atomic E-state index is 11.0. The second-order valence-electron chi connectivity index (χ2n) is 8.23. The van der Waals surface area contributed by atoms with Gasteiger partial charge in [0.2, 0.25) is 0 Å². The predicted molar refractivity (Wildman–Crippen MR) is 135 cm³/mol. The SMILES string of the molecule is C=CC(=O)OCCOCCOCCOc1c2c(c(Oc3ccccc3)c3ccccc13)CCCC2. The number of benzene rings is 3. The molecule has 3 aromatic carbocycles. The van der Waals surface area contributed by atoms with Crippen LogP contribution in [0.4, 0.5) is 0 Å². The summed E-state index contributed by atoms with van der Waals surface area (Å²) in [5.74, 6) is 2.28. The van der Waals surface area contributed by atoms with Crippen molar-refractivity contribution >= 4 is 16.7 Å². The first kappa shape index (κ1) is 24.8. The number of para-hydroxylation sites is 1. The van der Waals surface area contributed by atoms with Crippen LogP contribution in [0.15, 0.2) is 67.3 Å². The van der Waals surface area contributed by atoms with E-state index in [1.165, 1.54) is 11.1 Å². The normalized spacial score (nSPS) is 12.7. The highest BCUT2D eigenvalue weighted by atomic mass is 16.6. The zero-order chi connectivity index (χ0) is 24.3. The molecule has 0 spiro atoms. The molecule has 0 aliphatic heterocycles. The van der Waals surface area contributed by atoms with Gasteiger partial charge in [-0.15, -0.1) is 0 Å². The quantitative estimate of drug-likeness (QED) is 0.180. The Hall–Kier alpha value is -3.35. The summed E-state index contributed by atoms with van der Waals surface area (Å²) < 4.78 is 28.7. The number of carbonyl (C=O) groups excluding carboxylic acids is 1. The lowest BCUT2D eigenvalue weighted by Gasteiger charge is -2.25. The lowest BCUT2D eigenvalue weighted by molar-refractivity contribution is -0.139. The minimum atomic E-state index is -0.448. The van der Waals surface area contributed by atoms with Crippen molar-refractivity contribution < 1.29 is 28.5 Å². The molecule has 1 aliphatic carbocycles. The molecule has 0 bridgehead atoms. The van der Waals surface area contributed by atoms with Gasteiger partial charge >= 0.3 is 5.97 Å². The average Bonchev–Trinajstić information content (AvgIpc) is 2.91. The minimum absolute atomic E-state index is 0.204. The van der Waals surface area contributed by atoms with Crippen LogP contribution in [0.2, 0.25) is 0 Å². The maximum atomic E-state index is 11.0. The minimum Gasteiger partial charge on any atom is -0.490 e. The summed E-state index contributed by atoms with van der Waals surface area (Å²) in [6.07, 6.45) is 5.38. The molecule has 0 amide bonds. The number of hydrogen-bond donors (Lipinski definition) is 0. The molecule has 0 atom stereocenters. The molecular weight excluding hydrogens is 444 g/mol. The van der Waals surface area contributed by atoms with Crippen LogP contribution < -0.4 is 9.47 Å². The van der Waals surface area contributed by atoms with Crippen LogP contribution in [0, 0.1) is 0 Å². The van der Waals surface area contributed by atoms with Crippen LogP contribution in [-0.4, -0.2) is 45.6 Å². The monoisotopic (exact) mass is 476 g/mol. The molecule has 0 N–H and O–H groups in total. The Balaban J connectivity index is 1.37. The molecule has 1 aliphatic rings. The highest BCUT2D eigenvalue weighted by Crippen LogP contribution is 2.45. The fourth-order valence-electron chi connectivity index (χ4n) is 4.28. The zero-order valence-electron chi connectivity index (χ0n) is 20.0. The molecular formula is C29H32O6. The van der Waals surface area contributed by atoms with Gasteiger partial charge < -0.3 is 23.7 Å². The Bertz CT molecular complexity index is 1120. The van der Waals surface area contributed by atoms with Gasteiger partial charge in [-0.25, -0.2) is 4.79 Å². The Morgan fingerprint density at radius 2 is 1.31 bits per heavy atom. The molecule has 0 saturated carbocycles. The third kappa shape index (κ3) is 6.62. The van der Waals surface area contributed by atoms with Gasteiger partial charge in [0.25, 0.3) is 0 Å². The molecule has 0 radical (unpaired) electrons. The van der Waals surface area contributed by atoms with E-state index in [4.69, 9.17) is 23.7 Å². The summed E-state index contributed by atoms with van der Waals surface area (Å²) in [7, 11) is 0. The Morgan fingerprint density at radius 3 is 2.00 bits per heavy atom. The topological polar surface area (TPSA) is 63.2 Å². The molecule has 0 aromatic heterocycles. The van der Waals surface area contributed by atoms with Crippen LogP contribution in [0.25, 0.3) is 10.8 Å². The summed E-state index contributed by atoms with van der Waals surface area (Å²) in [5.41, 5.74) is 2.50. The van der Waals surface area contributed by atoms with Crippen molar-refractivity contribution in [1.82, 2.24) is 0 Å². The first-order chi connectivity index (χ1) is 17.3. The van der Waals surface area contributed by atoms with Gasteiger partial charge in [0.1, 0.15) is 30.5 Å². The van der Waals surface area contributed by atoms with Gasteiger partial charge in [0.15, 0.2) is 0 Å². The van der Waals surface area contributed by atoms with Crippen molar-refractivity contribution in [3.8, 4) is 17.2 Å². The number of esters is 1. The molecule has 0 fully saturated rings. The van der Waals surface area contributed by atoms with E-state index in [0.717, 1.165) is 59.8 Å². The Kier molecular flexibility index (Phi) is 9.15. The summed E-state index contributed by atoms with van der Waals surface area (Å²) in [6, 6.07) is 18.2. The van der Waals surface area contributed by atoms with E-state index in [1.807, 2.05) is 42.5 Å². The molecule has 3 aromatic rings. The van der Waals surface area contributed by atoms with E-state index in [1.54, 1.807) is 0 Å². The Labute approximate surface area is 206 Å². The number of fused-ring (bicyclic) bond motifs is 2. The lowest BCUT2D eigenvalue weighted by Crippen LogP contribution is -2.15. The molecule has 0 saturated heterocycles. The summed E-state index contributed by atoms with van der Waals surface area (Å²) in [6.45, 7) is 5.66. The van der Waals surface area contributed by atoms with Gasteiger partial charge in [-0.05, 0) is 37.8 Å².